The number of anilines is 1. The van der Waals surface area contributed by atoms with Crippen LogP contribution in [0.1, 0.15) is 33.1 Å². The number of fused-ring (bicyclic) bond motifs is 2. The lowest BCUT2D eigenvalue weighted by molar-refractivity contribution is 0.0993. The Labute approximate surface area is 231 Å². The van der Waals surface area contributed by atoms with Gasteiger partial charge in [0.05, 0.1) is 11.7 Å². The van der Waals surface area contributed by atoms with Crippen LogP contribution in [0.25, 0.3) is 22.2 Å². The van der Waals surface area contributed by atoms with Gasteiger partial charge in [-0.2, -0.15) is 0 Å². The number of carbonyl (C=O) groups excluding carboxylic acids is 1. The van der Waals surface area contributed by atoms with Gasteiger partial charge in [-0.05, 0) is 77.4 Å². The second-order valence-corrected chi connectivity index (χ2v) is 9.90. The smallest absolute Gasteiger partial charge is 0.259 e. The number of amides is 1. The lowest BCUT2D eigenvalue weighted by Crippen LogP contribution is -2.28. The summed E-state index contributed by atoms with van der Waals surface area (Å²) in [6, 6.07) is 39.6. The zero-order chi connectivity index (χ0) is 27.1. The predicted octanol–water partition coefficient (Wildman–Crippen LogP) is 8.30. The average molecular weight is 525 g/mol. The average Bonchev–Trinajstić information content (AvgIpc) is 3.52. The number of carbonyl (C=O) groups is 1. The Bertz CT molecular complexity index is 1830. The molecule has 1 amide bonds. The Morgan fingerprint density at radius 3 is 2.25 bits per heavy atom. The van der Waals surface area contributed by atoms with Gasteiger partial charge < -0.3 is 9.72 Å². The molecule has 4 nitrogen and oxygen atoms in total. The summed E-state index contributed by atoms with van der Waals surface area (Å²) in [7, 11) is 0. The van der Waals surface area contributed by atoms with Crippen molar-refractivity contribution in [1.29, 1.82) is 0 Å². The number of aromatic amines is 1. The molecule has 0 spiro atoms. The van der Waals surface area contributed by atoms with Crippen LogP contribution in [0, 0.1) is 5.82 Å². The van der Waals surface area contributed by atoms with Crippen LogP contribution < -0.4 is 9.64 Å². The van der Waals surface area contributed by atoms with E-state index in [2.05, 4.69) is 11.1 Å². The van der Waals surface area contributed by atoms with Crippen molar-refractivity contribution >= 4 is 22.5 Å². The number of nitrogens with zero attached hydrogens (tertiary/aromatic N) is 1. The molecule has 7 rings (SSSR count). The first-order valence-corrected chi connectivity index (χ1v) is 13.2. The number of para-hydroxylation sites is 1. The maximum Gasteiger partial charge on any atom is 0.259 e. The molecular weight excluding hydrogens is 499 g/mol. The Kier molecular flexibility index (Phi) is 5.90. The zero-order valence-corrected chi connectivity index (χ0v) is 21.6. The SMILES string of the molecule is O=C1c2ccccc2[C@H](c2c(-c3ccc(F)cc3)[nH]c3ccccc23)N1c1ccc(OCc2ccccc2)cc1. The predicted molar refractivity (Wildman–Crippen MR) is 156 cm³/mol. The van der Waals surface area contributed by atoms with Crippen molar-refractivity contribution in [1.82, 2.24) is 4.98 Å². The van der Waals surface area contributed by atoms with Gasteiger partial charge in [-0.1, -0.05) is 66.7 Å². The van der Waals surface area contributed by atoms with Crippen LogP contribution in [0.5, 0.6) is 5.75 Å². The Hall–Kier alpha value is -5.16. The summed E-state index contributed by atoms with van der Waals surface area (Å²) in [5, 5.41) is 1.02. The van der Waals surface area contributed by atoms with E-state index in [9.17, 15) is 9.18 Å². The number of benzene rings is 5. The molecule has 0 bridgehead atoms. The van der Waals surface area contributed by atoms with E-state index in [4.69, 9.17) is 4.74 Å². The van der Waals surface area contributed by atoms with Gasteiger partial charge in [0.25, 0.3) is 5.91 Å². The van der Waals surface area contributed by atoms with Crippen molar-refractivity contribution in [2.24, 2.45) is 0 Å². The summed E-state index contributed by atoms with van der Waals surface area (Å²) in [5.41, 5.74) is 7.12. The molecule has 194 valence electrons. The first-order valence-electron chi connectivity index (χ1n) is 13.2. The number of halogens is 1. The largest absolute Gasteiger partial charge is 0.489 e. The first-order chi connectivity index (χ1) is 19.7. The molecule has 5 aromatic carbocycles. The molecular formula is C35H25FN2O2. The summed E-state index contributed by atoms with van der Waals surface area (Å²) in [4.78, 5) is 19.4. The van der Waals surface area contributed by atoms with Gasteiger partial charge >= 0.3 is 0 Å². The van der Waals surface area contributed by atoms with Gasteiger partial charge in [0.15, 0.2) is 0 Å². The van der Waals surface area contributed by atoms with E-state index in [0.717, 1.165) is 50.3 Å². The number of ether oxygens (including phenoxy) is 1. The van der Waals surface area contributed by atoms with Gasteiger partial charge in [-0.15, -0.1) is 0 Å². The van der Waals surface area contributed by atoms with Crippen molar-refractivity contribution in [2.75, 3.05) is 4.90 Å². The minimum Gasteiger partial charge on any atom is -0.489 e. The standard InChI is InChI=1S/C35H25FN2O2/c36-25-16-14-24(15-17-25)33-32(30-12-6-7-13-31(30)37-33)34-28-10-4-5-11-29(28)35(39)38(34)26-18-20-27(21-19-26)40-22-23-8-2-1-3-9-23/h1-21,34,37H,22H2/t34-/m1/s1. The number of H-pyrrole nitrogens is 1. The van der Waals surface area contributed by atoms with Crippen LogP contribution in [-0.2, 0) is 6.61 Å². The number of hydrogen-bond donors (Lipinski definition) is 1. The van der Waals surface area contributed by atoms with E-state index in [1.807, 2.05) is 102 Å². The van der Waals surface area contributed by atoms with Crippen molar-refractivity contribution in [2.45, 2.75) is 12.6 Å². The van der Waals surface area contributed by atoms with Gasteiger partial charge in [0.1, 0.15) is 18.2 Å². The Morgan fingerprint density at radius 1 is 0.750 bits per heavy atom. The third kappa shape index (κ3) is 4.12. The maximum absolute atomic E-state index is 14.0. The molecule has 1 atom stereocenters. The quantitative estimate of drug-likeness (QED) is 0.238. The molecule has 5 heteroatoms. The molecule has 0 unspecified atom stereocenters. The van der Waals surface area contributed by atoms with Crippen molar-refractivity contribution in [3.8, 4) is 17.0 Å². The van der Waals surface area contributed by atoms with Crippen LogP contribution in [0.2, 0.25) is 0 Å². The summed E-state index contributed by atoms with van der Waals surface area (Å²) >= 11 is 0. The highest BCUT2D eigenvalue weighted by Crippen LogP contribution is 2.47. The van der Waals surface area contributed by atoms with Gasteiger partial charge in [0, 0.05) is 27.7 Å². The summed E-state index contributed by atoms with van der Waals surface area (Å²) in [6.07, 6.45) is 0. The monoisotopic (exact) mass is 524 g/mol. The van der Waals surface area contributed by atoms with Gasteiger partial charge in [-0.25, -0.2) is 4.39 Å². The molecule has 2 heterocycles. The fourth-order valence-electron chi connectivity index (χ4n) is 5.60. The van der Waals surface area contributed by atoms with E-state index in [-0.39, 0.29) is 17.8 Å². The fraction of sp³-hybridized carbons (Fsp3) is 0.0571. The second kappa shape index (κ2) is 9.86. The van der Waals surface area contributed by atoms with Crippen molar-refractivity contribution in [3.63, 3.8) is 0 Å². The molecule has 0 saturated carbocycles. The summed E-state index contributed by atoms with van der Waals surface area (Å²) < 4.78 is 19.9. The minimum atomic E-state index is -0.379. The molecule has 1 N–H and O–H groups in total. The Balaban J connectivity index is 1.34. The topological polar surface area (TPSA) is 45.3 Å². The normalized spacial score (nSPS) is 14.5. The Morgan fingerprint density at radius 2 is 1.45 bits per heavy atom. The third-order valence-electron chi connectivity index (χ3n) is 7.48. The van der Waals surface area contributed by atoms with Gasteiger partial charge in [-0.3, -0.25) is 9.69 Å². The molecule has 6 aromatic rings. The first kappa shape index (κ1) is 23.9. The van der Waals surface area contributed by atoms with Crippen LogP contribution in [-0.4, -0.2) is 10.9 Å². The maximum atomic E-state index is 14.0. The molecule has 0 aliphatic carbocycles. The minimum absolute atomic E-state index is 0.0612. The van der Waals surface area contributed by atoms with Crippen LogP contribution >= 0.6 is 0 Å². The lowest BCUT2D eigenvalue weighted by atomic mass is 9.93. The summed E-state index contributed by atoms with van der Waals surface area (Å²) in [5.74, 6) is 0.375. The summed E-state index contributed by atoms with van der Waals surface area (Å²) in [6.45, 7) is 0.466. The number of rotatable bonds is 6. The number of nitrogens with one attached hydrogen (secondary N) is 1. The number of hydrogen-bond acceptors (Lipinski definition) is 2. The highest BCUT2D eigenvalue weighted by molar-refractivity contribution is 6.13. The second-order valence-electron chi connectivity index (χ2n) is 9.90. The zero-order valence-electron chi connectivity index (χ0n) is 21.6. The van der Waals surface area contributed by atoms with E-state index >= 15 is 0 Å². The van der Waals surface area contributed by atoms with E-state index in [1.165, 1.54) is 12.1 Å². The van der Waals surface area contributed by atoms with Crippen LogP contribution in [0.4, 0.5) is 10.1 Å². The highest BCUT2D eigenvalue weighted by Gasteiger charge is 2.41. The molecule has 0 radical (unpaired) electrons. The molecule has 1 aliphatic rings. The molecule has 0 fully saturated rings. The molecule has 1 aliphatic heterocycles. The van der Waals surface area contributed by atoms with Crippen molar-refractivity contribution in [3.05, 3.63) is 155 Å². The third-order valence-corrected chi connectivity index (χ3v) is 7.48. The fourth-order valence-corrected chi connectivity index (χ4v) is 5.60. The van der Waals surface area contributed by atoms with Crippen LogP contribution in [0.3, 0.4) is 0 Å². The highest BCUT2D eigenvalue weighted by atomic mass is 19.1. The lowest BCUT2D eigenvalue weighted by Gasteiger charge is -2.27. The van der Waals surface area contributed by atoms with E-state index in [0.29, 0.717) is 12.2 Å². The van der Waals surface area contributed by atoms with E-state index < -0.39 is 0 Å². The molecule has 1 aromatic heterocycles. The van der Waals surface area contributed by atoms with E-state index in [1.54, 1.807) is 12.1 Å². The molecule has 0 saturated heterocycles. The van der Waals surface area contributed by atoms with Gasteiger partial charge in [0.2, 0.25) is 0 Å². The van der Waals surface area contributed by atoms with Crippen LogP contribution in [0.15, 0.2) is 127 Å². The number of aromatic nitrogens is 1. The molecule has 40 heavy (non-hydrogen) atoms. The van der Waals surface area contributed by atoms with Crippen molar-refractivity contribution < 1.29 is 13.9 Å².